The van der Waals surface area contributed by atoms with Crippen molar-refractivity contribution in [2.75, 3.05) is 11.2 Å². The van der Waals surface area contributed by atoms with Crippen LogP contribution in [0.5, 0.6) is 0 Å². The fourth-order valence-corrected chi connectivity index (χ4v) is 1.06. The molecule has 2 rings (SSSR count). The monoisotopic (exact) mass is 164 g/mol. The van der Waals surface area contributed by atoms with E-state index in [4.69, 9.17) is 11.6 Å². The van der Waals surface area contributed by atoms with E-state index in [2.05, 4.69) is 20.4 Å². The maximum atomic E-state index is 5.50. The Morgan fingerprint density at radius 1 is 1.50 bits per heavy atom. The lowest BCUT2D eigenvalue weighted by molar-refractivity contribution is 1.30. The van der Waals surface area contributed by atoms with Crippen molar-refractivity contribution in [3.63, 3.8) is 0 Å². The average Bonchev–Trinajstić information content (AvgIpc) is 2.50. The van der Waals surface area contributed by atoms with Crippen molar-refractivity contribution in [2.24, 2.45) is 5.84 Å². The number of aromatic nitrogens is 3. The summed E-state index contributed by atoms with van der Waals surface area (Å²) in [6, 6.07) is 1.64. The molecule has 0 aliphatic rings. The van der Waals surface area contributed by atoms with Gasteiger partial charge in [-0.1, -0.05) is 0 Å². The molecule has 0 atom stereocenters. The molecular formula is C6H8N6. The van der Waals surface area contributed by atoms with Gasteiger partial charge in [0.1, 0.15) is 11.3 Å². The highest BCUT2D eigenvalue weighted by molar-refractivity contribution is 5.86. The van der Waals surface area contributed by atoms with E-state index < -0.39 is 0 Å². The lowest BCUT2D eigenvalue weighted by Crippen LogP contribution is -2.08. The van der Waals surface area contributed by atoms with E-state index in [1.54, 1.807) is 6.07 Å². The molecule has 6 nitrogen and oxygen atoms in total. The predicted octanol–water partition coefficient (Wildman–Crippen LogP) is -0.174. The van der Waals surface area contributed by atoms with Crippen molar-refractivity contribution in [1.29, 1.82) is 0 Å². The quantitative estimate of drug-likeness (QED) is 0.346. The minimum absolute atomic E-state index is 0.391. The molecule has 0 fully saturated rings. The van der Waals surface area contributed by atoms with Crippen LogP contribution in [-0.4, -0.2) is 15.0 Å². The Kier molecular flexibility index (Phi) is 1.34. The first-order valence-electron chi connectivity index (χ1n) is 3.37. The summed E-state index contributed by atoms with van der Waals surface area (Å²) in [5, 5.41) is 0. The van der Waals surface area contributed by atoms with E-state index in [0.29, 0.717) is 17.2 Å². The first-order chi connectivity index (χ1) is 5.81. The molecule has 0 radical (unpaired) electrons. The second kappa shape index (κ2) is 2.35. The second-order valence-corrected chi connectivity index (χ2v) is 2.34. The Balaban J connectivity index is 2.80. The highest BCUT2D eigenvalue weighted by Crippen LogP contribution is 2.19. The van der Waals surface area contributed by atoms with Gasteiger partial charge in [-0.25, -0.2) is 9.97 Å². The van der Waals surface area contributed by atoms with Gasteiger partial charge in [0, 0.05) is 6.07 Å². The standard InChI is InChI=1S/C6H8N6/c7-4-1-3(12-8)5-6(11-4)10-2-9-5/h1-2H,8H2,(H4,7,9,10,11,12). The third-order valence-corrected chi connectivity index (χ3v) is 1.57. The number of pyridine rings is 1. The molecule has 12 heavy (non-hydrogen) atoms. The maximum absolute atomic E-state index is 5.50. The van der Waals surface area contributed by atoms with Crippen LogP contribution in [0.4, 0.5) is 11.5 Å². The largest absolute Gasteiger partial charge is 0.384 e. The number of hydrogen-bond donors (Lipinski definition) is 4. The van der Waals surface area contributed by atoms with Crippen molar-refractivity contribution in [3.05, 3.63) is 12.4 Å². The highest BCUT2D eigenvalue weighted by atomic mass is 15.2. The van der Waals surface area contributed by atoms with Gasteiger partial charge in [0.15, 0.2) is 5.65 Å². The topological polar surface area (TPSA) is 106 Å². The Labute approximate surface area is 68.0 Å². The molecule has 2 aromatic rings. The van der Waals surface area contributed by atoms with E-state index in [1.165, 1.54) is 6.33 Å². The summed E-state index contributed by atoms with van der Waals surface area (Å²) in [4.78, 5) is 10.8. The van der Waals surface area contributed by atoms with Crippen molar-refractivity contribution in [2.45, 2.75) is 0 Å². The minimum Gasteiger partial charge on any atom is -0.384 e. The molecule has 0 amide bonds. The Morgan fingerprint density at radius 3 is 3.08 bits per heavy atom. The number of imidazole rings is 1. The normalized spacial score (nSPS) is 10.4. The zero-order valence-electron chi connectivity index (χ0n) is 6.20. The average molecular weight is 164 g/mol. The molecule has 0 aromatic carbocycles. The number of nitrogen functional groups attached to an aromatic ring is 2. The molecule has 62 valence electrons. The van der Waals surface area contributed by atoms with Crippen molar-refractivity contribution in [3.8, 4) is 0 Å². The number of aromatic amines is 1. The number of hydrogen-bond acceptors (Lipinski definition) is 5. The van der Waals surface area contributed by atoms with Gasteiger partial charge in [0.05, 0.1) is 12.0 Å². The number of anilines is 2. The highest BCUT2D eigenvalue weighted by Gasteiger charge is 2.03. The molecule has 0 saturated carbocycles. The van der Waals surface area contributed by atoms with E-state index in [0.717, 1.165) is 5.52 Å². The summed E-state index contributed by atoms with van der Waals surface area (Å²) >= 11 is 0. The van der Waals surface area contributed by atoms with Gasteiger partial charge >= 0.3 is 0 Å². The molecule has 0 unspecified atom stereocenters. The first-order valence-corrected chi connectivity index (χ1v) is 3.37. The van der Waals surface area contributed by atoms with Crippen LogP contribution < -0.4 is 17.0 Å². The summed E-state index contributed by atoms with van der Waals surface area (Å²) in [5.41, 5.74) is 10.0. The summed E-state index contributed by atoms with van der Waals surface area (Å²) in [6.45, 7) is 0. The Morgan fingerprint density at radius 2 is 2.33 bits per heavy atom. The number of nitrogens with zero attached hydrogens (tertiary/aromatic N) is 2. The van der Waals surface area contributed by atoms with Crippen molar-refractivity contribution in [1.82, 2.24) is 15.0 Å². The van der Waals surface area contributed by atoms with Gasteiger partial charge in [0.2, 0.25) is 0 Å². The third-order valence-electron chi connectivity index (χ3n) is 1.57. The van der Waals surface area contributed by atoms with Gasteiger partial charge in [-0.2, -0.15) is 0 Å². The number of rotatable bonds is 1. The van der Waals surface area contributed by atoms with Crippen molar-refractivity contribution < 1.29 is 0 Å². The summed E-state index contributed by atoms with van der Waals surface area (Å²) in [5.74, 6) is 5.65. The van der Waals surface area contributed by atoms with E-state index in [9.17, 15) is 0 Å². The minimum atomic E-state index is 0.391. The van der Waals surface area contributed by atoms with Gasteiger partial charge in [-0.05, 0) is 0 Å². The molecule has 6 N–H and O–H groups in total. The maximum Gasteiger partial charge on any atom is 0.181 e. The summed E-state index contributed by atoms with van der Waals surface area (Å²) < 4.78 is 0. The van der Waals surface area contributed by atoms with Gasteiger partial charge in [-0.3, -0.25) is 5.84 Å². The van der Waals surface area contributed by atoms with Crippen LogP contribution in [-0.2, 0) is 0 Å². The number of nitrogens with two attached hydrogens (primary N) is 2. The molecule has 0 aliphatic carbocycles. The molecule has 0 bridgehead atoms. The first kappa shape index (κ1) is 6.86. The van der Waals surface area contributed by atoms with Crippen LogP contribution in [0.25, 0.3) is 11.2 Å². The Hall–Kier alpha value is -1.82. The molecule has 6 heteroatoms. The lowest BCUT2D eigenvalue weighted by Gasteiger charge is -2.00. The van der Waals surface area contributed by atoms with Gasteiger partial charge in [0.25, 0.3) is 0 Å². The Bertz CT molecular complexity index is 405. The van der Waals surface area contributed by atoms with Gasteiger partial charge in [-0.15, -0.1) is 0 Å². The zero-order chi connectivity index (χ0) is 8.55. The smallest absolute Gasteiger partial charge is 0.181 e. The second-order valence-electron chi connectivity index (χ2n) is 2.34. The van der Waals surface area contributed by atoms with Crippen LogP contribution >= 0.6 is 0 Å². The summed E-state index contributed by atoms with van der Waals surface area (Å²) in [6.07, 6.45) is 1.54. The molecule has 2 heterocycles. The zero-order valence-corrected chi connectivity index (χ0v) is 6.20. The van der Waals surface area contributed by atoms with Crippen molar-refractivity contribution >= 4 is 22.7 Å². The molecule has 2 aromatic heterocycles. The third kappa shape index (κ3) is 0.857. The fourth-order valence-electron chi connectivity index (χ4n) is 1.06. The molecule has 0 saturated heterocycles. The number of fused-ring (bicyclic) bond motifs is 1. The fraction of sp³-hybridized carbons (Fsp3) is 0. The number of hydrazine groups is 1. The SMILES string of the molecule is NNc1cc(N)nc2nc[nH]c12. The van der Waals surface area contributed by atoms with Gasteiger partial charge < -0.3 is 16.1 Å². The van der Waals surface area contributed by atoms with E-state index in [1.807, 2.05) is 0 Å². The molecule has 0 spiro atoms. The lowest BCUT2D eigenvalue weighted by atomic mass is 10.3. The van der Waals surface area contributed by atoms with E-state index >= 15 is 0 Å². The molecule has 0 aliphatic heterocycles. The number of H-pyrrole nitrogens is 1. The van der Waals surface area contributed by atoms with Crippen LogP contribution in [0.2, 0.25) is 0 Å². The van der Waals surface area contributed by atoms with Crippen LogP contribution in [0.1, 0.15) is 0 Å². The number of nitrogens with one attached hydrogen (secondary N) is 2. The summed E-state index contributed by atoms with van der Waals surface area (Å²) in [7, 11) is 0. The van der Waals surface area contributed by atoms with Crippen LogP contribution in [0.3, 0.4) is 0 Å². The van der Waals surface area contributed by atoms with Crippen LogP contribution in [0.15, 0.2) is 12.4 Å². The molecular weight excluding hydrogens is 156 g/mol. The van der Waals surface area contributed by atoms with Crippen LogP contribution in [0, 0.1) is 0 Å². The van der Waals surface area contributed by atoms with E-state index in [-0.39, 0.29) is 0 Å². The predicted molar refractivity (Wildman–Crippen MR) is 46.1 cm³/mol.